The van der Waals surface area contributed by atoms with Gasteiger partial charge in [-0.05, 0) is 54.4 Å². The van der Waals surface area contributed by atoms with Gasteiger partial charge >= 0.3 is 0 Å². The molecule has 0 bridgehead atoms. The number of nitrogens with zero attached hydrogens (tertiary/aromatic N) is 3. The van der Waals surface area contributed by atoms with Crippen molar-refractivity contribution < 1.29 is 13.5 Å². The normalized spacial score (nSPS) is 15.8. The average molecular weight is 502 g/mol. The van der Waals surface area contributed by atoms with Crippen molar-refractivity contribution in [2.75, 3.05) is 26.2 Å². The second kappa shape index (κ2) is 9.09. The zero-order chi connectivity index (χ0) is 23.9. The van der Waals surface area contributed by atoms with Gasteiger partial charge in [0.2, 0.25) is 0 Å². The minimum Gasteiger partial charge on any atom is -0.492 e. The fourth-order valence-electron chi connectivity index (χ4n) is 4.08. The van der Waals surface area contributed by atoms with E-state index < -0.39 is 5.92 Å². The Morgan fingerprint density at radius 2 is 1.97 bits per heavy atom. The fourth-order valence-corrected chi connectivity index (χ4v) is 5.25. The number of ether oxygens (including phenoxy) is 1. The Hall–Kier alpha value is -2.81. The van der Waals surface area contributed by atoms with Gasteiger partial charge < -0.3 is 4.74 Å². The second-order valence-electron chi connectivity index (χ2n) is 8.43. The minimum absolute atomic E-state index is 0.0979. The lowest BCUT2D eigenvalue weighted by Gasteiger charge is -2.17. The molecular weight excluding hydrogens is 480 g/mol. The third-order valence-corrected chi connectivity index (χ3v) is 7.33. The van der Waals surface area contributed by atoms with Crippen molar-refractivity contribution in [2.24, 2.45) is 0 Å². The third-order valence-electron chi connectivity index (χ3n) is 5.92. The topological polar surface area (TPSA) is 47.4 Å². The number of hydrogen-bond donors (Lipinski definition) is 0. The Morgan fingerprint density at radius 1 is 1.18 bits per heavy atom. The Morgan fingerprint density at radius 3 is 2.68 bits per heavy atom. The van der Waals surface area contributed by atoms with Gasteiger partial charge in [-0.1, -0.05) is 23.7 Å². The number of halogens is 3. The van der Waals surface area contributed by atoms with E-state index in [-0.39, 0.29) is 18.5 Å². The van der Waals surface area contributed by atoms with Crippen molar-refractivity contribution in [1.29, 1.82) is 0 Å². The van der Waals surface area contributed by atoms with Crippen LogP contribution in [-0.2, 0) is 0 Å². The number of fused-ring (bicyclic) bond motifs is 1. The van der Waals surface area contributed by atoms with E-state index in [4.69, 9.17) is 16.3 Å². The largest absolute Gasteiger partial charge is 0.492 e. The minimum atomic E-state index is -2.60. The van der Waals surface area contributed by atoms with Gasteiger partial charge in [-0.2, -0.15) is 0 Å². The molecule has 0 N–H and O–H groups in total. The first-order valence-corrected chi connectivity index (χ1v) is 12.1. The molecule has 2 aromatic carbocycles. The maximum Gasteiger partial charge on any atom is 0.275 e. The van der Waals surface area contributed by atoms with Crippen LogP contribution in [0.25, 0.3) is 26.3 Å². The molecule has 176 valence electrons. The number of rotatable bonds is 6. The van der Waals surface area contributed by atoms with Crippen LogP contribution in [0.1, 0.15) is 12.0 Å². The van der Waals surface area contributed by atoms with Gasteiger partial charge in [0, 0.05) is 29.4 Å². The molecule has 0 radical (unpaired) electrons. The number of aromatic nitrogens is 2. The molecule has 1 fully saturated rings. The lowest BCUT2D eigenvalue weighted by atomic mass is 10.2. The summed E-state index contributed by atoms with van der Waals surface area (Å²) in [7, 11) is 0. The predicted octanol–water partition coefficient (Wildman–Crippen LogP) is 5.80. The quantitative estimate of drug-likeness (QED) is 0.335. The molecule has 2 aromatic heterocycles. The van der Waals surface area contributed by atoms with Gasteiger partial charge in [0.05, 0.1) is 17.7 Å². The average Bonchev–Trinajstić information content (AvgIpc) is 3.39. The van der Waals surface area contributed by atoms with Crippen molar-refractivity contribution in [1.82, 2.24) is 14.5 Å². The van der Waals surface area contributed by atoms with Crippen LogP contribution >= 0.6 is 22.9 Å². The Kier molecular flexibility index (Phi) is 6.14. The molecule has 5 rings (SSSR count). The molecular formula is C25H22ClF2N3O2S. The number of benzene rings is 2. The van der Waals surface area contributed by atoms with Crippen molar-refractivity contribution in [3.05, 3.63) is 75.8 Å². The molecule has 0 spiro atoms. The van der Waals surface area contributed by atoms with Crippen LogP contribution in [0.15, 0.2) is 59.7 Å². The van der Waals surface area contributed by atoms with Crippen molar-refractivity contribution in [3.8, 4) is 21.9 Å². The first kappa shape index (κ1) is 23.0. The van der Waals surface area contributed by atoms with Crippen LogP contribution in [0, 0.1) is 6.92 Å². The van der Waals surface area contributed by atoms with Crippen molar-refractivity contribution >= 4 is 33.2 Å². The highest BCUT2D eigenvalue weighted by atomic mass is 35.5. The maximum atomic E-state index is 13.3. The summed E-state index contributed by atoms with van der Waals surface area (Å²) in [6, 6.07) is 14.9. The Bertz CT molecular complexity index is 1400. The summed E-state index contributed by atoms with van der Waals surface area (Å²) in [6.45, 7) is 2.84. The molecule has 0 saturated carbocycles. The SMILES string of the molecule is Cc1cc(-n2cnc3cc(-c4ccc(Cl)cc4)sc3c2=O)ccc1OCCN1CCC(F)(F)C1. The third kappa shape index (κ3) is 4.71. The summed E-state index contributed by atoms with van der Waals surface area (Å²) in [5, 5.41) is 0.658. The van der Waals surface area contributed by atoms with Crippen LogP contribution in [0.2, 0.25) is 5.02 Å². The van der Waals surface area contributed by atoms with E-state index >= 15 is 0 Å². The van der Waals surface area contributed by atoms with Crippen LogP contribution in [0.5, 0.6) is 5.75 Å². The van der Waals surface area contributed by atoms with Gasteiger partial charge in [-0.3, -0.25) is 14.3 Å². The molecule has 0 unspecified atom stereocenters. The van der Waals surface area contributed by atoms with Crippen LogP contribution in [0.3, 0.4) is 0 Å². The fraction of sp³-hybridized carbons (Fsp3) is 0.280. The summed E-state index contributed by atoms with van der Waals surface area (Å²) in [5.41, 5.74) is 3.03. The number of aryl methyl sites for hydroxylation is 1. The van der Waals surface area contributed by atoms with E-state index in [0.29, 0.717) is 46.4 Å². The lowest BCUT2D eigenvalue weighted by Crippen LogP contribution is -2.29. The highest BCUT2D eigenvalue weighted by Crippen LogP contribution is 2.32. The Balaban J connectivity index is 1.34. The summed E-state index contributed by atoms with van der Waals surface area (Å²) in [5.74, 6) is -1.93. The highest BCUT2D eigenvalue weighted by molar-refractivity contribution is 7.22. The molecule has 34 heavy (non-hydrogen) atoms. The number of likely N-dealkylation sites (tertiary alicyclic amines) is 1. The van der Waals surface area contributed by atoms with E-state index in [2.05, 4.69) is 4.98 Å². The van der Waals surface area contributed by atoms with Crippen molar-refractivity contribution in [3.63, 3.8) is 0 Å². The maximum absolute atomic E-state index is 13.3. The van der Waals surface area contributed by atoms with E-state index in [1.165, 1.54) is 22.2 Å². The summed E-state index contributed by atoms with van der Waals surface area (Å²) >= 11 is 7.38. The summed E-state index contributed by atoms with van der Waals surface area (Å²) < 4.78 is 34.6. The number of hydrogen-bond acceptors (Lipinski definition) is 5. The van der Waals surface area contributed by atoms with Gasteiger partial charge in [0.1, 0.15) is 23.4 Å². The molecule has 5 nitrogen and oxygen atoms in total. The number of thiophene rings is 1. The number of alkyl halides is 2. The second-order valence-corrected chi connectivity index (χ2v) is 9.92. The summed E-state index contributed by atoms with van der Waals surface area (Å²) in [4.78, 5) is 20.4. The molecule has 0 amide bonds. The molecule has 0 aliphatic carbocycles. The molecule has 9 heteroatoms. The van der Waals surface area contributed by atoms with E-state index in [9.17, 15) is 13.6 Å². The Labute approximate surface area is 204 Å². The smallest absolute Gasteiger partial charge is 0.275 e. The molecule has 3 heterocycles. The van der Waals surface area contributed by atoms with Crippen molar-refractivity contribution in [2.45, 2.75) is 19.3 Å². The van der Waals surface area contributed by atoms with E-state index in [0.717, 1.165) is 16.0 Å². The molecule has 1 saturated heterocycles. The summed E-state index contributed by atoms with van der Waals surface area (Å²) in [6.07, 6.45) is 1.44. The zero-order valence-electron chi connectivity index (χ0n) is 18.4. The monoisotopic (exact) mass is 501 g/mol. The molecule has 1 aliphatic heterocycles. The van der Waals surface area contributed by atoms with E-state index in [1.807, 2.05) is 43.3 Å². The van der Waals surface area contributed by atoms with Crippen LogP contribution in [-0.4, -0.2) is 46.6 Å². The van der Waals surface area contributed by atoms with Gasteiger partial charge in [-0.15, -0.1) is 11.3 Å². The van der Waals surface area contributed by atoms with E-state index in [1.54, 1.807) is 17.0 Å². The molecule has 1 aliphatic rings. The lowest BCUT2D eigenvalue weighted by molar-refractivity contribution is 0.0112. The predicted molar refractivity (Wildman–Crippen MR) is 132 cm³/mol. The van der Waals surface area contributed by atoms with Gasteiger partial charge in [0.15, 0.2) is 0 Å². The zero-order valence-corrected chi connectivity index (χ0v) is 20.0. The standard InChI is InChI=1S/C25H22ClF2N3O2S/c1-16-12-19(6-7-21(16)33-11-10-30-9-8-25(27,28)14-30)31-15-29-20-13-22(34-23(20)24(31)32)17-2-4-18(26)5-3-17/h2-7,12-13,15H,8-11,14H2,1H3. The molecule has 0 atom stereocenters. The van der Waals surface area contributed by atoms with Gasteiger partial charge in [-0.25, -0.2) is 13.8 Å². The first-order valence-electron chi connectivity index (χ1n) is 10.9. The van der Waals surface area contributed by atoms with Crippen LogP contribution in [0.4, 0.5) is 8.78 Å². The van der Waals surface area contributed by atoms with Gasteiger partial charge in [0.25, 0.3) is 11.5 Å². The first-order chi connectivity index (χ1) is 16.3. The van der Waals surface area contributed by atoms with Crippen LogP contribution < -0.4 is 10.3 Å². The molecule has 4 aromatic rings. The highest BCUT2D eigenvalue weighted by Gasteiger charge is 2.37.